The number of carbonyl (C=O) groups is 2. The molecule has 160 valence electrons. The van der Waals surface area contributed by atoms with E-state index in [0.717, 1.165) is 5.56 Å². The van der Waals surface area contributed by atoms with Crippen molar-refractivity contribution >= 4 is 23.2 Å². The molecule has 2 N–H and O–H groups in total. The molecule has 2 fully saturated rings. The Kier molecular flexibility index (Phi) is 6.51. The number of hydrogen-bond acceptors (Lipinski definition) is 5. The Hall–Kier alpha value is -2.22. The molecule has 7 heteroatoms. The number of rotatable bonds is 5. The van der Waals surface area contributed by atoms with Crippen molar-refractivity contribution in [2.75, 3.05) is 32.7 Å². The first-order valence-corrected chi connectivity index (χ1v) is 11.6. The molecule has 0 bridgehead atoms. The Labute approximate surface area is 182 Å². The van der Waals surface area contributed by atoms with Crippen molar-refractivity contribution in [2.45, 2.75) is 26.3 Å². The number of likely N-dealkylation sites (N-methyl/N-ethyl adjacent to an activating group) is 1. The Morgan fingerprint density at radius 1 is 1.20 bits per heavy atom. The van der Waals surface area contributed by atoms with Crippen molar-refractivity contribution in [3.8, 4) is 10.4 Å². The predicted molar refractivity (Wildman–Crippen MR) is 120 cm³/mol. The summed E-state index contributed by atoms with van der Waals surface area (Å²) >= 11 is 1.72. The van der Waals surface area contributed by atoms with Gasteiger partial charge in [0.25, 0.3) is 0 Å². The molecule has 3 atom stereocenters. The van der Waals surface area contributed by atoms with Gasteiger partial charge in [0.1, 0.15) is 0 Å². The molecule has 6 nitrogen and oxygen atoms in total. The first kappa shape index (κ1) is 21.0. The summed E-state index contributed by atoms with van der Waals surface area (Å²) in [6, 6.07) is 12.7. The summed E-state index contributed by atoms with van der Waals surface area (Å²) < 4.78 is 0. The third kappa shape index (κ3) is 4.43. The van der Waals surface area contributed by atoms with Crippen LogP contribution in [-0.2, 0) is 16.0 Å². The van der Waals surface area contributed by atoms with E-state index >= 15 is 0 Å². The second-order valence-electron chi connectivity index (χ2n) is 8.20. The second kappa shape index (κ2) is 9.29. The van der Waals surface area contributed by atoms with Crippen molar-refractivity contribution in [3.05, 3.63) is 47.3 Å². The molecule has 2 amide bonds. The molecule has 1 aromatic heterocycles. The number of amides is 2. The van der Waals surface area contributed by atoms with E-state index in [2.05, 4.69) is 52.6 Å². The fourth-order valence-corrected chi connectivity index (χ4v) is 5.12. The van der Waals surface area contributed by atoms with Gasteiger partial charge in [0.2, 0.25) is 11.8 Å². The molecule has 0 spiro atoms. The molecule has 0 radical (unpaired) electrons. The number of thiophene rings is 1. The average Bonchev–Trinajstić information content (AvgIpc) is 3.41. The molecule has 0 saturated carbocycles. The molecule has 3 heterocycles. The highest BCUT2D eigenvalue weighted by molar-refractivity contribution is 7.13. The molecule has 2 aliphatic rings. The van der Waals surface area contributed by atoms with Crippen LogP contribution in [0.15, 0.2) is 41.8 Å². The molecular formula is C23H30N4O2S. The van der Waals surface area contributed by atoms with Gasteiger partial charge in [-0.05, 0) is 42.8 Å². The Morgan fingerprint density at radius 2 is 2.00 bits per heavy atom. The lowest BCUT2D eigenvalue weighted by atomic mass is 9.95. The zero-order valence-corrected chi connectivity index (χ0v) is 18.5. The SMILES string of the molecule is CCN1CCN(C(=O)C2CNNC2C)CC(Cc2ccc(-c3cccs3)cc2)C1=O. The van der Waals surface area contributed by atoms with Crippen molar-refractivity contribution < 1.29 is 9.59 Å². The molecule has 4 rings (SSSR count). The normalized spacial score (nSPS) is 24.9. The lowest BCUT2D eigenvalue weighted by Gasteiger charge is -2.27. The van der Waals surface area contributed by atoms with Crippen LogP contribution in [0.3, 0.4) is 0 Å². The highest BCUT2D eigenvalue weighted by Gasteiger charge is 2.37. The average molecular weight is 427 g/mol. The van der Waals surface area contributed by atoms with E-state index in [1.165, 1.54) is 10.4 Å². The fraction of sp³-hybridized carbons (Fsp3) is 0.478. The van der Waals surface area contributed by atoms with Crippen molar-refractivity contribution in [1.29, 1.82) is 0 Å². The maximum Gasteiger partial charge on any atom is 0.228 e. The van der Waals surface area contributed by atoms with Gasteiger partial charge in [0.05, 0.1) is 11.8 Å². The van der Waals surface area contributed by atoms with Crippen molar-refractivity contribution in [1.82, 2.24) is 20.7 Å². The van der Waals surface area contributed by atoms with Gasteiger partial charge in [-0.2, -0.15) is 0 Å². The molecule has 3 unspecified atom stereocenters. The molecule has 2 saturated heterocycles. The zero-order chi connectivity index (χ0) is 21.1. The number of carbonyl (C=O) groups excluding carboxylic acids is 2. The van der Waals surface area contributed by atoms with Gasteiger partial charge >= 0.3 is 0 Å². The maximum absolute atomic E-state index is 13.2. The highest BCUT2D eigenvalue weighted by atomic mass is 32.1. The van der Waals surface area contributed by atoms with Crippen LogP contribution in [0.1, 0.15) is 19.4 Å². The quantitative estimate of drug-likeness (QED) is 0.771. The number of hydrogen-bond donors (Lipinski definition) is 2. The van der Waals surface area contributed by atoms with Gasteiger partial charge in [-0.1, -0.05) is 30.3 Å². The minimum absolute atomic E-state index is 0.0843. The second-order valence-corrected chi connectivity index (χ2v) is 9.15. The smallest absolute Gasteiger partial charge is 0.228 e. The van der Waals surface area contributed by atoms with E-state index in [1.54, 1.807) is 11.3 Å². The largest absolute Gasteiger partial charge is 0.341 e. The van der Waals surface area contributed by atoms with Crippen LogP contribution in [0.5, 0.6) is 0 Å². The summed E-state index contributed by atoms with van der Waals surface area (Å²) in [5, 5.41) is 2.08. The van der Waals surface area contributed by atoms with Crippen LogP contribution in [-0.4, -0.2) is 60.4 Å². The molecule has 30 heavy (non-hydrogen) atoms. The van der Waals surface area contributed by atoms with E-state index < -0.39 is 0 Å². The third-order valence-electron chi connectivity index (χ3n) is 6.25. The van der Waals surface area contributed by atoms with Crippen LogP contribution < -0.4 is 10.9 Å². The van der Waals surface area contributed by atoms with Gasteiger partial charge < -0.3 is 9.80 Å². The standard InChI is InChI=1S/C23H30N4O2S/c1-3-26-10-11-27(23(29)20-14-24-25-16(20)2)15-19(22(26)28)13-17-6-8-18(9-7-17)21-5-4-12-30-21/h4-9,12,16,19-20,24-25H,3,10-11,13-15H2,1-2H3. The summed E-state index contributed by atoms with van der Waals surface area (Å²) in [6.45, 7) is 7.05. The lowest BCUT2D eigenvalue weighted by Crippen LogP contribution is -2.44. The van der Waals surface area contributed by atoms with Crippen molar-refractivity contribution in [2.24, 2.45) is 11.8 Å². The molecule has 2 aromatic rings. The fourth-order valence-electron chi connectivity index (χ4n) is 4.39. The summed E-state index contributed by atoms with van der Waals surface area (Å²) in [7, 11) is 0. The van der Waals surface area contributed by atoms with Crippen LogP contribution in [0.25, 0.3) is 10.4 Å². The Morgan fingerprint density at radius 3 is 2.63 bits per heavy atom. The van der Waals surface area contributed by atoms with Gasteiger partial charge in [-0.3, -0.25) is 20.4 Å². The van der Waals surface area contributed by atoms with E-state index in [-0.39, 0.29) is 29.7 Å². The van der Waals surface area contributed by atoms with E-state index in [9.17, 15) is 9.59 Å². The maximum atomic E-state index is 13.2. The first-order valence-electron chi connectivity index (χ1n) is 10.8. The number of nitrogens with one attached hydrogen (secondary N) is 2. The number of benzene rings is 1. The van der Waals surface area contributed by atoms with E-state index in [0.29, 0.717) is 39.1 Å². The summed E-state index contributed by atoms with van der Waals surface area (Å²) in [5.74, 6) is 0.00951. The van der Waals surface area contributed by atoms with E-state index in [4.69, 9.17) is 0 Å². The van der Waals surface area contributed by atoms with Gasteiger partial charge in [-0.25, -0.2) is 0 Å². The molecular weight excluding hydrogens is 396 g/mol. The molecule has 2 aliphatic heterocycles. The Balaban J connectivity index is 1.50. The summed E-state index contributed by atoms with van der Waals surface area (Å²) in [6.07, 6.45) is 0.653. The van der Waals surface area contributed by atoms with Crippen molar-refractivity contribution in [3.63, 3.8) is 0 Å². The molecule has 1 aromatic carbocycles. The zero-order valence-electron chi connectivity index (χ0n) is 17.6. The first-order chi connectivity index (χ1) is 14.6. The van der Waals surface area contributed by atoms with Crippen LogP contribution in [0.2, 0.25) is 0 Å². The minimum Gasteiger partial charge on any atom is -0.341 e. The van der Waals surface area contributed by atoms with Crippen LogP contribution in [0.4, 0.5) is 0 Å². The monoisotopic (exact) mass is 426 g/mol. The summed E-state index contributed by atoms with van der Waals surface area (Å²) in [4.78, 5) is 31.4. The predicted octanol–water partition coefficient (Wildman–Crippen LogP) is 2.38. The summed E-state index contributed by atoms with van der Waals surface area (Å²) in [5.41, 5.74) is 8.54. The molecule has 0 aliphatic carbocycles. The Bertz CT molecular complexity index is 868. The minimum atomic E-state index is -0.207. The highest BCUT2D eigenvalue weighted by Crippen LogP contribution is 2.26. The van der Waals surface area contributed by atoms with Gasteiger partial charge in [0.15, 0.2) is 0 Å². The van der Waals surface area contributed by atoms with E-state index in [1.807, 2.05) is 23.6 Å². The third-order valence-corrected chi connectivity index (χ3v) is 7.17. The number of nitrogens with zero attached hydrogens (tertiary/aromatic N) is 2. The van der Waals surface area contributed by atoms with Gasteiger partial charge in [-0.15, -0.1) is 11.3 Å². The van der Waals surface area contributed by atoms with Crippen LogP contribution >= 0.6 is 11.3 Å². The number of hydrazine groups is 1. The van der Waals surface area contributed by atoms with Gasteiger partial charge in [0, 0.05) is 43.6 Å². The topological polar surface area (TPSA) is 64.7 Å². The van der Waals surface area contributed by atoms with Crippen LogP contribution in [0, 0.1) is 11.8 Å². The lowest BCUT2D eigenvalue weighted by molar-refractivity contribution is -0.136.